The molecule has 1 aromatic carbocycles. The third kappa shape index (κ3) is 3.98. The van der Waals surface area contributed by atoms with Crippen molar-refractivity contribution >= 4 is 23.2 Å². The Morgan fingerprint density at radius 2 is 2.04 bits per heavy atom. The summed E-state index contributed by atoms with van der Waals surface area (Å²) in [5, 5.41) is 4.68. The first-order valence-corrected chi connectivity index (χ1v) is 7.95. The third-order valence-electron chi connectivity index (χ3n) is 3.81. The van der Waals surface area contributed by atoms with Crippen molar-refractivity contribution in [2.75, 3.05) is 16.4 Å². The molecule has 4 N–H and O–H groups in total. The number of amides is 1. The van der Waals surface area contributed by atoms with Crippen LogP contribution in [0.25, 0.3) is 0 Å². The van der Waals surface area contributed by atoms with E-state index < -0.39 is 34.9 Å². The van der Waals surface area contributed by atoms with Gasteiger partial charge < -0.3 is 15.8 Å². The van der Waals surface area contributed by atoms with Gasteiger partial charge in [-0.05, 0) is 25.8 Å². The highest BCUT2D eigenvalue weighted by Gasteiger charge is 2.27. The number of carbonyl (C=O) groups is 1. The van der Waals surface area contributed by atoms with E-state index in [1.165, 1.54) is 12.3 Å². The highest BCUT2D eigenvalue weighted by atomic mass is 19.1. The summed E-state index contributed by atoms with van der Waals surface area (Å²) in [5.41, 5.74) is 5.04. The van der Waals surface area contributed by atoms with Gasteiger partial charge in [-0.2, -0.15) is 0 Å². The zero-order valence-electron chi connectivity index (χ0n) is 13.9. The number of carbonyl (C=O) groups excluding carboxylic acids is 1. The van der Waals surface area contributed by atoms with Crippen LogP contribution in [0, 0.1) is 24.4 Å². The van der Waals surface area contributed by atoms with Crippen LogP contribution < -0.4 is 16.4 Å². The molecule has 1 heterocycles. The van der Waals surface area contributed by atoms with Gasteiger partial charge in [0.15, 0.2) is 11.6 Å². The third-order valence-corrected chi connectivity index (χ3v) is 3.81. The van der Waals surface area contributed by atoms with Crippen LogP contribution in [0.1, 0.15) is 24.1 Å². The van der Waals surface area contributed by atoms with Crippen molar-refractivity contribution in [3.8, 4) is 0 Å². The summed E-state index contributed by atoms with van der Waals surface area (Å²) >= 11 is 0. The first kappa shape index (κ1) is 17.8. The summed E-state index contributed by atoms with van der Waals surface area (Å²) in [6.07, 6.45) is 1.81. The SMILES string of the molecule is Cc1cc(F)c(CNc2c(F)cc(NC(=O)OC3CC3)c(N)c2F)cn1. The van der Waals surface area contributed by atoms with Crippen molar-refractivity contribution < 1.29 is 22.7 Å². The average Bonchev–Trinajstić information content (AvgIpc) is 3.37. The summed E-state index contributed by atoms with van der Waals surface area (Å²) < 4.78 is 47.4. The number of rotatable bonds is 5. The van der Waals surface area contributed by atoms with Crippen molar-refractivity contribution in [3.63, 3.8) is 0 Å². The Kier molecular flexibility index (Phi) is 4.88. The molecule has 138 valence electrons. The molecule has 2 aromatic rings. The maximum atomic E-state index is 14.4. The van der Waals surface area contributed by atoms with E-state index in [0.717, 1.165) is 18.9 Å². The molecule has 0 aliphatic heterocycles. The first-order chi connectivity index (χ1) is 12.3. The predicted octanol–water partition coefficient (Wildman–Crippen LogP) is 3.71. The Bertz CT molecular complexity index is 856. The van der Waals surface area contributed by atoms with Gasteiger partial charge in [0.2, 0.25) is 0 Å². The number of hydrogen-bond donors (Lipinski definition) is 3. The number of halogens is 3. The minimum absolute atomic E-state index is 0.142. The molecular formula is C17H17F3N4O2. The zero-order valence-corrected chi connectivity index (χ0v) is 13.9. The second kappa shape index (κ2) is 7.11. The molecule has 1 aliphatic rings. The lowest BCUT2D eigenvalue weighted by Crippen LogP contribution is -2.17. The van der Waals surface area contributed by atoms with E-state index >= 15 is 0 Å². The average molecular weight is 366 g/mol. The van der Waals surface area contributed by atoms with Gasteiger partial charge in [0.05, 0.1) is 11.4 Å². The molecule has 26 heavy (non-hydrogen) atoms. The fourth-order valence-corrected chi connectivity index (χ4v) is 2.24. The molecular weight excluding hydrogens is 349 g/mol. The number of benzene rings is 1. The summed E-state index contributed by atoms with van der Waals surface area (Å²) in [6.45, 7) is 1.43. The smallest absolute Gasteiger partial charge is 0.411 e. The molecule has 3 rings (SSSR count). The fraction of sp³-hybridized carbons (Fsp3) is 0.294. The maximum absolute atomic E-state index is 14.4. The minimum atomic E-state index is -1.09. The molecule has 0 atom stereocenters. The highest BCUT2D eigenvalue weighted by molar-refractivity contribution is 5.90. The standard InChI is InChI=1S/C17H17F3N4O2/c1-8-4-11(18)9(6-22-8)7-23-16-12(19)5-13(15(21)14(16)20)24-17(25)26-10-2-3-10/h4-6,10,23H,2-3,7,21H2,1H3,(H,24,25). The summed E-state index contributed by atoms with van der Waals surface area (Å²) in [6, 6.07) is 2.09. The van der Waals surface area contributed by atoms with E-state index in [2.05, 4.69) is 15.6 Å². The molecule has 0 radical (unpaired) electrons. The lowest BCUT2D eigenvalue weighted by Gasteiger charge is -2.14. The van der Waals surface area contributed by atoms with Gasteiger partial charge in [0.1, 0.15) is 17.6 Å². The van der Waals surface area contributed by atoms with Gasteiger partial charge in [-0.25, -0.2) is 18.0 Å². The quantitative estimate of drug-likeness (QED) is 0.702. The largest absolute Gasteiger partial charge is 0.446 e. The van der Waals surface area contributed by atoms with Crippen LogP contribution in [0.5, 0.6) is 0 Å². The lowest BCUT2D eigenvalue weighted by atomic mass is 10.2. The molecule has 1 amide bonds. The van der Waals surface area contributed by atoms with Crippen LogP contribution in [-0.4, -0.2) is 17.2 Å². The fourth-order valence-electron chi connectivity index (χ4n) is 2.24. The van der Waals surface area contributed by atoms with Crippen LogP contribution in [-0.2, 0) is 11.3 Å². The van der Waals surface area contributed by atoms with Crippen LogP contribution in [0.15, 0.2) is 18.3 Å². The number of nitrogens with one attached hydrogen (secondary N) is 2. The molecule has 1 saturated carbocycles. The van der Waals surface area contributed by atoms with Crippen molar-refractivity contribution in [1.29, 1.82) is 0 Å². The number of aromatic nitrogens is 1. The van der Waals surface area contributed by atoms with E-state index in [9.17, 15) is 18.0 Å². The molecule has 1 aromatic heterocycles. The topological polar surface area (TPSA) is 89.3 Å². The zero-order chi connectivity index (χ0) is 18.8. The predicted molar refractivity (Wildman–Crippen MR) is 90.2 cm³/mol. The van der Waals surface area contributed by atoms with Crippen LogP contribution in [0.3, 0.4) is 0 Å². The van der Waals surface area contributed by atoms with E-state index in [0.29, 0.717) is 5.69 Å². The normalized spacial score (nSPS) is 13.4. The Hall–Kier alpha value is -2.97. The molecule has 0 spiro atoms. The Balaban J connectivity index is 1.75. The van der Waals surface area contributed by atoms with Gasteiger partial charge in [0, 0.05) is 30.1 Å². The van der Waals surface area contributed by atoms with Crippen LogP contribution in [0.2, 0.25) is 0 Å². The summed E-state index contributed by atoms with van der Waals surface area (Å²) in [7, 11) is 0. The Morgan fingerprint density at radius 1 is 1.31 bits per heavy atom. The van der Waals surface area contributed by atoms with Gasteiger partial charge in [-0.1, -0.05) is 0 Å². The molecule has 1 fully saturated rings. The summed E-state index contributed by atoms with van der Waals surface area (Å²) in [5.74, 6) is -2.62. The van der Waals surface area contributed by atoms with Gasteiger partial charge in [-0.3, -0.25) is 10.3 Å². The molecule has 6 nitrogen and oxygen atoms in total. The Labute approximate surface area is 147 Å². The van der Waals surface area contributed by atoms with E-state index in [4.69, 9.17) is 10.5 Å². The van der Waals surface area contributed by atoms with Gasteiger partial charge in [-0.15, -0.1) is 0 Å². The minimum Gasteiger partial charge on any atom is -0.446 e. The van der Waals surface area contributed by atoms with Crippen molar-refractivity contribution in [2.45, 2.75) is 32.4 Å². The van der Waals surface area contributed by atoms with E-state index in [1.54, 1.807) is 6.92 Å². The lowest BCUT2D eigenvalue weighted by molar-refractivity contribution is 0.154. The number of anilines is 3. The second-order valence-corrected chi connectivity index (χ2v) is 6.01. The number of hydrogen-bond acceptors (Lipinski definition) is 5. The maximum Gasteiger partial charge on any atom is 0.411 e. The van der Waals surface area contributed by atoms with E-state index in [-0.39, 0.29) is 23.9 Å². The molecule has 0 unspecified atom stereocenters. The number of nitrogen functional groups attached to an aromatic ring is 1. The Morgan fingerprint density at radius 3 is 2.69 bits per heavy atom. The van der Waals surface area contributed by atoms with E-state index in [1.807, 2.05) is 0 Å². The van der Waals surface area contributed by atoms with Crippen molar-refractivity contribution in [1.82, 2.24) is 4.98 Å². The summed E-state index contributed by atoms with van der Waals surface area (Å²) in [4.78, 5) is 15.5. The van der Waals surface area contributed by atoms with Crippen molar-refractivity contribution in [2.24, 2.45) is 0 Å². The monoisotopic (exact) mass is 366 g/mol. The molecule has 9 heteroatoms. The van der Waals surface area contributed by atoms with Gasteiger partial charge >= 0.3 is 6.09 Å². The number of nitrogens with two attached hydrogens (primary N) is 1. The number of nitrogens with zero attached hydrogens (tertiary/aromatic N) is 1. The van der Waals surface area contributed by atoms with Crippen LogP contribution >= 0.6 is 0 Å². The molecule has 1 aliphatic carbocycles. The molecule has 0 bridgehead atoms. The molecule has 0 saturated heterocycles. The second-order valence-electron chi connectivity index (χ2n) is 6.01. The highest BCUT2D eigenvalue weighted by Crippen LogP contribution is 2.32. The van der Waals surface area contributed by atoms with Crippen molar-refractivity contribution in [3.05, 3.63) is 47.0 Å². The number of aryl methyl sites for hydroxylation is 1. The van der Waals surface area contributed by atoms with Gasteiger partial charge in [0.25, 0.3) is 0 Å². The number of ether oxygens (including phenoxy) is 1. The number of pyridine rings is 1. The first-order valence-electron chi connectivity index (χ1n) is 7.95. The van der Waals surface area contributed by atoms with Crippen LogP contribution in [0.4, 0.5) is 35.0 Å².